The first-order chi connectivity index (χ1) is 16.1. The number of carbonyl (C=O) groups excluding carboxylic acids is 1. The van der Waals surface area contributed by atoms with Gasteiger partial charge in [0.25, 0.3) is 5.91 Å². The van der Waals surface area contributed by atoms with Crippen LogP contribution in [0.4, 0.5) is 0 Å². The lowest BCUT2D eigenvalue weighted by atomic mass is 9.68. The first kappa shape index (κ1) is 23.6. The number of hydrogen-bond acceptors (Lipinski definition) is 3. The highest BCUT2D eigenvalue weighted by molar-refractivity contribution is 7.89. The van der Waals surface area contributed by atoms with Gasteiger partial charge in [-0.25, -0.2) is 8.42 Å². The molecule has 3 aliphatic rings. The third kappa shape index (κ3) is 3.89. The Morgan fingerprint density at radius 1 is 1.00 bits per heavy atom. The molecule has 182 valence electrons. The second kappa shape index (κ2) is 8.49. The van der Waals surface area contributed by atoms with Crippen LogP contribution in [-0.2, 0) is 10.0 Å². The first-order valence-corrected chi connectivity index (χ1v) is 14.1. The Morgan fingerprint density at radius 3 is 2.35 bits per heavy atom. The largest absolute Gasteiger partial charge is 0.348 e. The molecule has 1 unspecified atom stereocenters. The highest BCUT2D eigenvalue weighted by Crippen LogP contribution is 2.62. The molecule has 0 radical (unpaired) electrons. The SMILES string of the molecule is CC1(C)C(NC(=O)c2ccc(-c3ccccc3)c(S(=O)(=O)N3CCCCC3)c2)[C@]2(C)CC[C@@H]1C2. The Bertz CT molecular complexity index is 1180. The lowest BCUT2D eigenvalue weighted by Crippen LogP contribution is -2.52. The van der Waals surface area contributed by atoms with Crippen LogP contribution in [0.15, 0.2) is 53.4 Å². The zero-order valence-corrected chi connectivity index (χ0v) is 21.3. The van der Waals surface area contributed by atoms with Gasteiger partial charge >= 0.3 is 0 Å². The van der Waals surface area contributed by atoms with E-state index in [-0.39, 0.29) is 27.7 Å². The van der Waals surface area contributed by atoms with Gasteiger partial charge < -0.3 is 5.32 Å². The highest BCUT2D eigenvalue weighted by Gasteiger charge is 2.59. The van der Waals surface area contributed by atoms with Gasteiger partial charge in [-0.15, -0.1) is 0 Å². The fourth-order valence-electron chi connectivity index (χ4n) is 6.85. The number of amides is 1. The van der Waals surface area contributed by atoms with Crippen molar-refractivity contribution in [2.45, 2.75) is 70.2 Å². The topological polar surface area (TPSA) is 66.5 Å². The number of rotatable bonds is 5. The number of fused-ring (bicyclic) bond motifs is 2. The third-order valence-corrected chi connectivity index (χ3v) is 10.7. The summed E-state index contributed by atoms with van der Waals surface area (Å²) in [6.07, 6.45) is 6.30. The maximum atomic E-state index is 13.8. The molecule has 3 atom stereocenters. The van der Waals surface area contributed by atoms with Gasteiger partial charge in [0, 0.05) is 30.3 Å². The van der Waals surface area contributed by atoms with Gasteiger partial charge in [-0.05, 0) is 66.5 Å². The van der Waals surface area contributed by atoms with Crippen LogP contribution in [0.2, 0.25) is 0 Å². The number of piperidine rings is 1. The third-order valence-electron chi connectivity index (χ3n) is 8.81. The standard InChI is InChI=1S/C28H36N2O3S/c1-27(2)22-14-15-28(3,19-22)26(27)29-25(31)21-12-13-23(20-10-6-4-7-11-20)24(18-21)34(32,33)30-16-8-5-9-17-30/h4,6-7,10-13,18,22,26H,5,8-9,14-17,19H2,1-3H3,(H,29,31)/t22-,26?,28-/m1/s1. The summed E-state index contributed by atoms with van der Waals surface area (Å²) in [5.41, 5.74) is 2.05. The summed E-state index contributed by atoms with van der Waals surface area (Å²) >= 11 is 0. The van der Waals surface area contributed by atoms with Crippen LogP contribution in [0, 0.1) is 16.7 Å². The Balaban J connectivity index is 1.52. The summed E-state index contributed by atoms with van der Waals surface area (Å²) in [5.74, 6) is 0.444. The molecule has 0 spiro atoms. The summed E-state index contributed by atoms with van der Waals surface area (Å²) in [7, 11) is -3.71. The minimum absolute atomic E-state index is 0.0371. The van der Waals surface area contributed by atoms with Crippen molar-refractivity contribution in [2.75, 3.05) is 13.1 Å². The number of sulfonamides is 1. The molecule has 0 aromatic heterocycles. The van der Waals surface area contributed by atoms with Crippen LogP contribution in [-0.4, -0.2) is 37.8 Å². The minimum Gasteiger partial charge on any atom is -0.348 e. The van der Waals surface area contributed by atoms with Crippen molar-refractivity contribution in [3.8, 4) is 11.1 Å². The fourth-order valence-corrected chi connectivity index (χ4v) is 8.61. The Labute approximate surface area is 204 Å². The van der Waals surface area contributed by atoms with Crippen molar-refractivity contribution in [1.29, 1.82) is 0 Å². The Kier molecular flexibility index (Phi) is 5.88. The van der Waals surface area contributed by atoms with Crippen molar-refractivity contribution in [3.63, 3.8) is 0 Å². The first-order valence-electron chi connectivity index (χ1n) is 12.6. The van der Waals surface area contributed by atoms with Crippen molar-refractivity contribution in [1.82, 2.24) is 9.62 Å². The molecule has 1 saturated heterocycles. The second-order valence-corrected chi connectivity index (χ2v) is 13.3. The summed E-state index contributed by atoms with van der Waals surface area (Å²) < 4.78 is 29.1. The van der Waals surface area contributed by atoms with E-state index >= 15 is 0 Å². The van der Waals surface area contributed by atoms with Crippen LogP contribution < -0.4 is 5.32 Å². The van der Waals surface area contributed by atoms with Gasteiger partial charge in [0.05, 0.1) is 4.90 Å². The van der Waals surface area contributed by atoms with E-state index in [1.807, 2.05) is 30.3 Å². The maximum absolute atomic E-state index is 13.8. The van der Waals surface area contributed by atoms with Gasteiger partial charge in [0.2, 0.25) is 10.0 Å². The molecule has 34 heavy (non-hydrogen) atoms. The van der Waals surface area contributed by atoms with Gasteiger partial charge in [-0.2, -0.15) is 4.31 Å². The van der Waals surface area contributed by atoms with E-state index in [1.54, 1.807) is 22.5 Å². The van der Waals surface area contributed by atoms with E-state index in [2.05, 4.69) is 26.1 Å². The maximum Gasteiger partial charge on any atom is 0.251 e. The number of benzene rings is 2. The zero-order chi connectivity index (χ0) is 24.1. The number of hydrogen-bond donors (Lipinski definition) is 1. The molecule has 1 amide bonds. The van der Waals surface area contributed by atoms with E-state index < -0.39 is 10.0 Å². The van der Waals surface area contributed by atoms with Gasteiger partial charge in [0.15, 0.2) is 0 Å². The lowest BCUT2D eigenvalue weighted by molar-refractivity contribution is 0.0737. The van der Waals surface area contributed by atoms with Crippen LogP contribution in [0.1, 0.15) is 69.7 Å². The summed E-state index contributed by atoms with van der Waals surface area (Å²) in [4.78, 5) is 13.7. The van der Waals surface area contributed by atoms with Gasteiger partial charge in [0.1, 0.15) is 0 Å². The zero-order valence-electron chi connectivity index (χ0n) is 20.5. The number of nitrogens with one attached hydrogen (secondary N) is 1. The predicted octanol–water partition coefficient (Wildman–Crippen LogP) is 5.47. The monoisotopic (exact) mass is 480 g/mol. The van der Waals surface area contributed by atoms with E-state index in [1.165, 1.54) is 6.42 Å². The van der Waals surface area contributed by atoms with Crippen molar-refractivity contribution >= 4 is 15.9 Å². The van der Waals surface area contributed by atoms with Crippen LogP contribution in [0.3, 0.4) is 0 Å². The quantitative estimate of drug-likeness (QED) is 0.617. The Hall–Kier alpha value is -2.18. The molecular formula is C28H36N2O3S. The fraction of sp³-hybridized carbons (Fsp3) is 0.536. The molecular weight excluding hydrogens is 444 g/mol. The molecule has 2 aliphatic carbocycles. The molecule has 2 aromatic carbocycles. The molecule has 1 N–H and O–H groups in total. The Morgan fingerprint density at radius 2 is 1.71 bits per heavy atom. The average Bonchev–Trinajstić information content (AvgIpc) is 3.33. The minimum atomic E-state index is -3.71. The summed E-state index contributed by atoms with van der Waals surface area (Å²) in [6.45, 7) is 7.87. The molecule has 2 saturated carbocycles. The second-order valence-electron chi connectivity index (χ2n) is 11.4. The van der Waals surface area contributed by atoms with Crippen LogP contribution in [0.5, 0.6) is 0 Å². The van der Waals surface area contributed by atoms with Crippen molar-refractivity contribution < 1.29 is 13.2 Å². The molecule has 5 rings (SSSR count). The molecule has 3 fully saturated rings. The summed E-state index contributed by atoms with van der Waals surface area (Å²) in [5, 5.41) is 3.33. The van der Waals surface area contributed by atoms with Crippen LogP contribution in [0.25, 0.3) is 11.1 Å². The molecule has 1 aliphatic heterocycles. The number of carbonyl (C=O) groups is 1. The molecule has 5 nitrogen and oxygen atoms in total. The smallest absolute Gasteiger partial charge is 0.251 e. The normalized spacial score (nSPS) is 28.7. The lowest BCUT2D eigenvalue weighted by Gasteiger charge is -2.43. The van der Waals surface area contributed by atoms with Gasteiger partial charge in [-0.3, -0.25) is 4.79 Å². The van der Waals surface area contributed by atoms with E-state index in [0.29, 0.717) is 30.1 Å². The van der Waals surface area contributed by atoms with E-state index in [9.17, 15) is 13.2 Å². The van der Waals surface area contributed by atoms with E-state index in [0.717, 1.165) is 37.7 Å². The van der Waals surface area contributed by atoms with Crippen LogP contribution >= 0.6 is 0 Å². The van der Waals surface area contributed by atoms with Crippen molar-refractivity contribution in [2.24, 2.45) is 16.7 Å². The van der Waals surface area contributed by atoms with Gasteiger partial charge in [-0.1, -0.05) is 63.6 Å². The summed E-state index contributed by atoms with van der Waals surface area (Å²) in [6, 6.07) is 14.8. The predicted molar refractivity (Wildman–Crippen MR) is 135 cm³/mol. The van der Waals surface area contributed by atoms with Crippen molar-refractivity contribution in [3.05, 3.63) is 54.1 Å². The highest BCUT2D eigenvalue weighted by atomic mass is 32.2. The average molecular weight is 481 g/mol. The molecule has 2 aromatic rings. The molecule has 2 bridgehead atoms. The number of nitrogens with zero attached hydrogens (tertiary/aromatic N) is 1. The molecule has 1 heterocycles. The molecule has 6 heteroatoms. The van der Waals surface area contributed by atoms with E-state index in [4.69, 9.17) is 0 Å².